The van der Waals surface area contributed by atoms with Gasteiger partial charge in [-0.15, -0.1) is 0 Å². The van der Waals surface area contributed by atoms with Gasteiger partial charge in [-0.25, -0.2) is 0 Å². The molecule has 0 spiro atoms. The highest BCUT2D eigenvalue weighted by atomic mass is 16.5. The Bertz CT molecular complexity index is 992. The molecule has 7 nitrogen and oxygen atoms in total. The number of aromatic hydroxyl groups is 1. The van der Waals surface area contributed by atoms with Crippen LogP contribution in [0.4, 0.5) is 0 Å². The molecule has 0 radical (unpaired) electrons. The molecule has 1 aromatic heterocycles. The molecule has 1 atom stereocenters. The van der Waals surface area contributed by atoms with Gasteiger partial charge in [0, 0.05) is 10.9 Å². The van der Waals surface area contributed by atoms with Crippen molar-refractivity contribution in [2.24, 2.45) is 0 Å². The van der Waals surface area contributed by atoms with Crippen molar-refractivity contribution in [3.05, 3.63) is 41.2 Å². The zero-order chi connectivity index (χ0) is 20.6. The second kappa shape index (κ2) is 7.16. The third-order valence-corrected chi connectivity index (χ3v) is 4.90. The quantitative estimate of drug-likeness (QED) is 0.665. The summed E-state index contributed by atoms with van der Waals surface area (Å²) >= 11 is 0. The Kier molecular flexibility index (Phi) is 5.04. The van der Waals surface area contributed by atoms with Gasteiger partial charge in [-0.3, -0.25) is 0 Å². The monoisotopic (exact) mass is 388 g/mol. The third kappa shape index (κ3) is 2.88. The van der Waals surface area contributed by atoms with Crippen molar-refractivity contribution in [1.82, 2.24) is 0 Å². The van der Waals surface area contributed by atoms with E-state index in [2.05, 4.69) is 0 Å². The first-order valence-corrected chi connectivity index (χ1v) is 8.62. The lowest BCUT2D eigenvalue weighted by Gasteiger charge is -2.26. The third-order valence-electron chi connectivity index (χ3n) is 4.90. The number of rotatable bonds is 6. The molecule has 0 bridgehead atoms. The first-order chi connectivity index (χ1) is 13.3. The number of hydrogen-bond acceptors (Lipinski definition) is 7. The van der Waals surface area contributed by atoms with E-state index in [0.29, 0.717) is 45.3 Å². The lowest BCUT2D eigenvalue weighted by Crippen LogP contribution is -2.23. The van der Waals surface area contributed by atoms with E-state index in [9.17, 15) is 10.2 Å². The smallest absolute Gasteiger partial charge is 0.203 e. The van der Waals surface area contributed by atoms with Crippen LogP contribution in [0.15, 0.2) is 28.7 Å². The zero-order valence-electron chi connectivity index (χ0n) is 16.7. The summed E-state index contributed by atoms with van der Waals surface area (Å²) in [5.41, 5.74) is -0.180. The first kappa shape index (κ1) is 19.7. The van der Waals surface area contributed by atoms with Crippen molar-refractivity contribution in [3.63, 3.8) is 0 Å². The molecule has 3 aromatic rings. The van der Waals surface area contributed by atoms with E-state index in [4.69, 9.17) is 23.4 Å². The molecule has 1 unspecified atom stereocenters. The minimum absolute atomic E-state index is 0.116. The van der Waals surface area contributed by atoms with Gasteiger partial charge >= 0.3 is 0 Å². The van der Waals surface area contributed by atoms with Crippen molar-refractivity contribution in [2.45, 2.75) is 19.4 Å². The van der Waals surface area contributed by atoms with Crippen LogP contribution in [-0.4, -0.2) is 38.7 Å². The van der Waals surface area contributed by atoms with Gasteiger partial charge in [-0.2, -0.15) is 0 Å². The molecule has 0 aliphatic rings. The summed E-state index contributed by atoms with van der Waals surface area (Å²) in [6.45, 7) is 3.37. The number of methoxy groups -OCH3 is 4. The van der Waals surface area contributed by atoms with Crippen LogP contribution in [-0.2, 0) is 5.60 Å². The zero-order valence-corrected chi connectivity index (χ0v) is 16.7. The Hall–Kier alpha value is -3.06. The van der Waals surface area contributed by atoms with Crippen LogP contribution in [0.5, 0.6) is 28.7 Å². The summed E-state index contributed by atoms with van der Waals surface area (Å²) in [6.07, 6.45) is 0. The molecule has 2 aromatic carbocycles. The van der Waals surface area contributed by atoms with Crippen molar-refractivity contribution in [1.29, 1.82) is 0 Å². The van der Waals surface area contributed by atoms with Crippen LogP contribution >= 0.6 is 0 Å². The highest BCUT2D eigenvalue weighted by Gasteiger charge is 2.35. The fourth-order valence-corrected chi connectivity index (χ4v) is 3.52. The topological polar surface area (TPSA) is 90.5 Å². The Morgan fingerprint density at radius 3 is 1.96 bits per heavy atom. The average Bonchev–Trinajstić information content (AvgIpc) is 3.04. The second-order valence-corrected chi connectivity index (χ2v) is 6.51. The van der Waals surface area contributed by atoms with Gasteiger partial charge in [0.1, 0.15) is 11.4 Å². The summed E-state index contributed by atoms with van der Waals surface area (Å²) in [5.74, 6) is 1.92. The van der Waals surface area contributed by atoms with Gasteiger partial charge in [0.05, 0.1) is 28.4 Å². The summed E-state index contributed by atoms with van der Waals surface area (Å²) in [5, 5.41) is 22.5. The van der Waals surface area contributed by atoms with Crippen LogP contribution in [0.2, 0.25) is 0 Å². The van der Waals surface area contributed by atoms with Crippen molar-refractivity contribution in [3.8, 4) is 28.7 Å². The lowest BCUT2D eigenvalue weighted by atomic mass is 9.86. The normalized spacial score (nSPS) is 13.2. The Morgan fingerprint density at radius 2 is 1.46 bits per heavy atom. The summed E-state index contributed by atoms with van der Waals surface area (Å²) in [7, 11) is 6.00. The molecule has 0 aliphatic heterocycles. The summed E-state index contributed by atoms with van der Waals surface area (Å²) in [6, 6.07) is 6.74. The van der Waals surface area contributed by atoms with E-state index >= 15 is 0 Å². The molecular weight excluding hydrogens is 364 g/mol. The summed E-state index contributed by atoms with van der Waals surface area (Å²) < 4.78 is 27.1. The molecule has 0 aliphatic carbocycles. The van der Waals surface area contributed by atoms with Crippen molar-refractivity contribution >= 4 is 11.0 Å². The van der Waals surface area contributed by atoms with E-state index in [1.165, 1.54) is 28.4 Å². The Morgan fingerprint density at radius 1 is 0.893 bits per heavy atom. The molecule has 28 heavy (non-hydrogen) atoms. The molecular formula is C21H24O7. The van der Waals surface area contributed by atoms with E-state index in [1.807, 2.05) is 0 Å². The number of benzene rings is 2. The number of phenols is 1. The number of hydrogen-bond donors (Lipinski definition) is 2. The van der Waals surface area contributed by atoms with Crippen LogP contribution < -0.4 is 18.9 Å². The fourth-order valence-electron chi connectivity index (χ4n) is 3.52. The molecule has 3 rings (SSSR count). The molecule has 1 heterocycles. The second-order valence-electron chi connectivity index (χ2n) is 6.51. The maximum atomic E-state index is 11.5. The number of ether oxygens (including phenoxy) is 4. The Balaban J connectivity index is 2.26. The molecule has 0 saturated heterocycles. The largest absolute Gasteiger partial charge is 0.502 e. The average molecular weight is 388 g/mol. The summed E-state index contributed by atoms with van der Waals surface area (Å²) in [4.78, 5) is 0. The number of furan rings is 1. The predicted octanol–water partition coefficient (Wildman–Crippen LogP) is 3.74. The van der Waals surface area contributed by atoms with E-state index in [-0.39, 0.29) is 11.3 Å². The fraction of sp³-hybridized carbons (Fsp3) is 0.333. The first-order valence-electron chi connectivity index (χ1n) is 8.62. The van der Waals surface area contributed by atoms with Crippen molar-refractivity contribution in [2.75, 3.05) is 28.4 Å². The number of fused-ring (bicyclic) bond motifs is 1. The van der Waals surface area contributed by atoms with E-state index in [1.54, 1.807) is 38.1 Å². The Labute approximate surface area is 163 Å². The van der Waals surface area contributed by atoms with E-state index in [0.717, 1.165) is 0 Å². The standard InChI is InChI=1S/C21H24O7/c1-11-17(13-7-8-14(24-3)18(22)19(13)28-11)21(2,23)12-9-15(25-4)20(27-6)16(10-12)26-5/h7-10,22-23H,1-6H3. The highest BCUT2D eigenvalue weighted by molar-refractivity contribution is 5.90. The van der Waals surface area contributed by atoms with E-state index < -0.39 is 5.60 Å². The van der Waals surface area contributed by atoms with Crippen LogP contribution in [0.3, 0.4) is 0 Å². The van der Waals surface area contributed by atoms with Gasteiger partial charge in [-0.05, 0) is 43.7 Å². The number of aryl methyl sites for hydroxylation is 1. The molecule has 0 amide bonds. The maximum Gasteiger partial charge on any atom is 0.203 e. The maximum absolute atomic E-state index is 11.5. The lowest BCUT2D eigenvalue weighted by molar-refractivity contribution is 0.101. The van der Waals surface area contributed by atoms with Gasteiger partial charge in [0.25, 0.3) is 0 Å². The SMILES string of the molecule is COc1cc(C(C)(O)c2c(C)oc3c(O)c(OC)ccc23)cc(OC)c1OC. The highest BCUT2D eigenvalue weighted by Crippen LogP contribution is 2.47. The molecule has 150 valence electrons. The van der Waals surface area contributed by atoms with Crippen LogP contribution in [0.25, 0.3) is 11.0 Å². The molecule has 0 saturated carbocycles. The minimum atomic E-state index is -1.47. The van der Waals surface area contributed by atoms with Gasteiger partial charge in [-0.1, -0.05) is 0 Å². The molecule has 0 fully saturated rings. The van der Waals surface area contributed by atoms with Gasteiger partial charge < -0.3 is 33.6 Å². The molecule has 2 N–H and O–H groups in total. The molecule has 7 heteroatoms. The predicted molar refractivity (Wildman–Crippen MR) is 104 cm³/mol. The minimum Gasteiger partial charge on any atom is -0.502 e. The number of phenolic OH excluding ortho intramolecular Hbond substituents is 1. The van der Waals surface area contributed by atoms with Crippen molar-refractivity contribution < 1.29 is 33.6 Å². The van der Waals surface area contributed by atoms with Gasteiger partial charge in [0.15, 0.2) is 22.8 Å². The van der Waals surface area contributed by atoms with Crippen LogP contribution in [0.1, 0.15) is 23.8 Å². The van der Waals surface area contributed by atoms with Crippen LogP contribution in [0, 0.1) is 6.92 Å². The number of aliphatic hydroxyl groups is 1. The van der Waals surface area contributed by atoms with Gasteiger partial charge in [0.2, 0.25) is 11.5 Å².